The predicted octanol–water partition coefficient (Wildman–Crippen LogP) is 3.10. The van der Waals surface area contributed by atoms with Crippen LogP contribution in [0.25, 0.3) is 11.0 Å². The number of hydrogen-bond acceptors (Lipinski definition) is 7. The van der Waals surface area contributed by atoms with Gasteiger partial charge in [-0.1, -0.05) is 24.3 Å². The molecular formula is C22H26N4O4S2. The fraction of sp³-hybridized carbons (Fsp3) is 0.409. The van der Waals surface area contributed by atoms with Gasteiger partial charge in [0.1, 0.15) is 21.7 Å². The molecule has 1 amide bonds. The summed E-state index contributed by atoms with van der Waals surface area (Å²) < 4.78 is 41.8. The van der Waals surface area contributed by atoms with Crippen molar-refractivity contribution in [2.24, 2.45) is 11.8 Å². The van der Waals surface area contributed by atoms with Crippen LogP contribution >= 0.6 is 11.7 Å². The Balaban J connectivity index is 1.27. The first kappa shape index (κ1) is 22.6. The number of nitrogens with one attached hydrogen (secondary N) is 2. The number of fused-ring (bicyclic) bond motifs is 1. The second-order valence-electron chi connectivity index (χ2n) is 7.99. The summed E-state index contributed by atoms with van der Waals surface area (Å²) in [5.41, 5.74) is 1.93. The molecule has 0 unspecified atom stereocenters. The predicted molar refractivity (Wildman–Crippen MR) is 123 cm³/mol. The molecule has 0 bridgehead atoms. The zero-order valence-corrected chi connectivity index (χ0v) is 19.4. The average Bonchev–Trinajstić information content (AvgIpc) is 3.30. The van der Waals surface area contributed by atoms with Crippen LogP contribution in [0.5, 0.6) is 5.75 Å². The van der Waals surface area contributed by atoms with Gasteiger partial charge >= 0.3 is 0 Å². The van der Waals surface area contributed by atoms with Gasteiger partial charge in [0.2, 0.25) is 15.9 Å². The number of sulfonamides is 1. The maximum absolute atomic E-state index is 12.8. The molecule has 1 aromatic heterocycles. The third-order valence-electron chi connectivity index (χ3n) is 5.96. The molecule has 2 aromatic carbocycles. The first-order chi connectivity index (χ1) is 15.5. The molecule has 170 valence electrons. The number of benzene rings is 2. The van der Waals surface area contributed by atoms with Gasteiger partial charge in [0, 0.05) is 24.6 Å². The molecule has 8 nitrogen and oxygen atoms in total. The molecule has 0 spiro atoms. The Morgan fingerprint density at radius 2 is 1.88 bits per heavy atom. The number of nitrogens with zero attached hydrogens (tertiary/aromatic N) is 2. The number of amides is 1. The second kappa shape index (κ2) is 9.93. The Bertz CT molecular complexity index is 1190. The maximum Gasteiger partial charge on any atom is 0.242 e. The lowest BCUT2D eigenvalue weighted by Crippen LogP contribution is -2.36. The number of para-hydroxylation sites is 1. The minimum Gasteiger partial charge on any atom is -0.496 e. The van der Waals surface area contributed by atoms with E-state index in [1.54, 1.807) is 25.3 Å². The van der Waals surface area contributed by atoms with Crippen molar-refractivity contribution in [1.29, 1.82) is 0 Å². The van der Waals surface area contributed by atoms with E-state index in [4.69, 9.17) is 4.74 Å². The Hall–Kier alpha value is -2.56. The van der Waals surface area contributed by atoms with Crippen LogP contribution in [-0.4, -0.2) is 36.7 Å². The Morgan fingerprint density at radius 1 is 1.09 bits per heavy atom. The summed E-state index contributed by atoms with van der Waals surface area (Å²) in [4.78, 5) is 12.8. The molecule has 32 heavy (non-hydrogen) atoms. The molecule has 0 aliphatic heterocycles. The zero-order chi connectivity index (χ0) is 22.6. The van der Waals surface area contributed by atoms with Crippen LogP contribution in [0, 0.1) is 11.8 Å². The summed E-state index contributed by atoms with van der Waals surface area (Å²) in [6, 6.07) is 12.6. The van der Waals surface area contributed by atoms with Crippen LogP contribution < -0.4 is 14.8 Å². The highest BCUT2D eigenvalue weighted by molar-refractivity contribution is 7.89. The number of rotatable bonds is 8. The molecule has 1 saturated carbocycles. The molecule has 3 aromatic rings. The average molecular weight is 475 g/mol. The fourth-order valence-corrected chi connectivity index (χ4v) is 5.99. The van der Waals surface area contributed by atoms with E-state index >= 15 is 0 Å². The maximum atomic E-state index is 12.8. The van der Waals surface area contributed by atoms with E-state index in [-0.39, 0.29) is 22.6 Å². The standard InChI is InChI=1S/C22H26N4O4S2/c1-30-19-7-3-2-5-17(19)14-23-22(27)16-11-9-15(10-12-16)13-24-32(28,29)20-8-4-6-18-21(20)26-31-25-18/h2-8,15-16,24H,9-14H2,1H3,(H,23,27). The first-order valence-electron chi connectivity index (χ1n) is 10.6. The number of aromatic nitrogens is 2. The second-order valence-corrected chi connectivity index (χ2v) is 10.3. The molecule has 4 rings (SSSR count). The van der Waals surface area contributed by atoms with Gasteiger partial charge in [-0.25, -0.2) is 13.1 Å². The molecular weight excluding hydrogens is 448 g/mol. The third kappa shape index (κ3) is 5.08. The number of ether oxygens (including phenoxy) is 1. The van der Waals surface area contributed by atoms with E-state index in [2.05, 4.69) is 18.8 Å². The quantitative estimate of drug-likeness (QED) is 0.519. The van der Waals surface area contributed by atoms with Crippen LogP contribution in [-0.2, 0) is 21.4 Å². The largest absolute Gasteiger partial charge is 0.496 e. The van der Waals surface area contributed by atoms with Gasteiger partial charge in [0.25, 0.3) is 0 Å². The SMILES string of the molecule is COc1ccccc1CNC(=O)C1CCC(CNS(=O)(=O)c2cccc3nsnc23)CC1. The fourth-order valence-electron chi connectivity index (χ4n) is 4.11. The van der Waals surface area contributed by atoms with Gasteiger partial charge in [-0.15, -0.1) is 0 Å². The summed E-state index contributed by atoms with van der Waals surface area (Å²) in [5, 5.41) is 3.01. The summed E-state index contributed by atoms with van der Waals surface area (Å²) >= 11 is 1.000. The van der Waals surface area contributed by atoms with E-state index in [0.717, 1.165) is 48.7 Å². The van der Waals surface area contributed by atoms with Crippen molar-refractivity contribution in [3.63, 3.8) is 0 Å². The van der Waals surface area contributed by atoms with Crippen molar-refractivity contribution in [3.8, 4) is 5.75 Å². The van der Waals surface area contributed by atoms with E-state index < -0.39 is 10.0 Å². The van der Waals surface area contributed by atoms with Crippen molar-refractivity contribution >= 4 is 38.7 Å². The highest BCUT2D eigenvalue weighted by Crippen LogP contribution is 2.29. The smallest absolute Gasteiger partial charge is 0.242 e. The molecule has 0 saturated heterocycles. The molecule has 1 heterocycles. The van der Waals surface area contributed by atoms with Gasteiger partial charge < -0.3 is 10.1 Å². The van der Waals surface area contributed by atoms with Crippen molar-refractivity contribution in [1.82, 2.24) is 18.8 Å². The van der Waals surface area contributed by atoms with Gasteiger partial charge in [0.05, 0.1) is 18.8 Å². The number of carbonyl (C=O) groups excluding carboxylic acids is 1. The van der Waals surface area contributed by atoms with Crippen molar-refractivity contribution < 1.29 is 17.9 Å². The van der Waals surface area contributed by atoms with Gasteiger partial charge in [0.15, 0.2) is 0 Å². The summed E-state index contributed by atoms with van der Waals surface area (Å²) in [5.74, 6) is 0.953. The van der Waals surface area contributed by atoms with Crippen molar-refractivity contribution in [2.75, 3.05) is 13.7 Å². The van der Waals surface area contributed by atoms with Gasteiger partial charge in [-0.2, -0.15) is 8.75 Å². The molecule has 1 aliphatic rings. The Labute approximate surface area is 191 Å². The summed E-state index contributed by atoms with van der Waals surface area (Å²) in [6.45, 7) is 0.783. The van der Waals surface area contributed by atoms with Gasteiger partial charge in [-0.05, 0) is 49.8 Å². The van der Waals surface area contributed by atoms with E-state index in [0.29, 0.717) is 24.1 Å². The molecule has 10 heteroatoms. The molecule has 0 atom stereocenters. The highest BCUT2D eigenvalue weighted by atomic mass is 32.2. The normalized spacial score (nSPS) is 19.0. The summed E-state index contributed by atoms with van der Waals surface area (Å²) in [6.07, 6.45) is 3.10. The van der Waals surface area contributed by atoms with Crippen molar-refractivity contribution in [2.45, 2.75) is 37.1 Å². The zero-order valence-electron chi connectivity index (χ0n) is 17.8. The van der Waals surface area contributed by atoms with Crippen LogP contribution in [0.2, 0.25) is 0 Å². The first-order valence-corrected chi connectivity index (χ1v) is 12.8. The van der Waals surface area contributed by atoms with Crippen LogP contribution in [0.1, 0.15) is 31.2 Å². The molecule has 1 fully saturated rings. The minimum absolute atomic E-state index is 0.0395. The third-order valence-corrected chi connectivity index (χ3v) is 7.96. The van der Waals surface area contributed by atoms with Crippen LogP contribution in [0.4, 0.5) is 0 Å². The monoisotopic (exact) mass is 474 g/mol. The molecule has 0 radical (unpaired) electrons. The highest BCUT2D eigenvalue weighted by Gasteiger charge is 2.28. The lowest BCUT2D eigenvalue weighted by Gasteiger charge is -2.28. The van der Waals surface area contributed by atoms with E-state index in [1.165, 1.54) is 0 Å². The lowest BCUT2D eigenvalue weighted by molar-refractivity contribution is -0.126. The van der Waals surface area contributed by atoms with E-state index in [9.17, 15) is 13.2 Å². The molecule has 1 aliphatic carbocycles. The summed E-state index contributed by atoms with van der Waals surface area (Å²) in [7, 11) is -2.05. The topological polar surface area (TPSA) is 110 Å². The Kier molecular flexibility index (Phi) is 7.02. The van der Waals surface area contributed by atoms with Gasteiger partial charge in [-0.3, -0.25) is 4.79 Å². The number of methoxy groups -OCH3 is 1. The molecule has 2 N–H and O–H groups in total. The van der Waals surface area contributed by atoms with Crippen LogP contribution in [0.15, 0.2) is 47.4 Å². The Morgan fingerprint density at radius 3 is 2.66 bits per heavy atom. The minimum atomic E-state index is -3.67. The number of hydrogen-bond donors (Lipinski definition) is 2. The lowest BCUT2D eigenvalue weighted by atomic mass is 9.81. The van der Waals surface area contributed by atoms with Crippen molar-refractivity contribution in [3.05, 3.63) is 48.0 Å². The number of carbonyl (C=O) groups is 1. The van der Waals surface area contributed by atoms with E-state index in [1.807, 2.05) is 24.3 Å². The van der Waals surface area contributed by atoms with Crippen LogP contribution in [0.3, 0.4) is 0 Å².